The van der Waals surface area contributed by atoms with Gasteiger partial charge in [-0.25, -0.2) is 0 Å². The Hall–Kier alpha value is -0.390. The molecule has 0 fully saturated rings. The van der Waals surface area contributed by atoms with Crippen molar-refractivity contribution in [2.45, 2.75) is 65.9 Å². The third-order valence-corrected chi connectivity index (χ3v) is 5.04. The third-order valence-electron chi connectivity index (χ3n) is 3.91. The van der Waals surface area contributed by atoms with E-state index >= 15 is 0 Å². The van der Waals surface area contributed by atoms with E-state index in [4.69, 9.17) is 0 Å². The largest absolute Gasteiger partial charge is 0.386 e. The highest BCUT2D eigenvalue weighted by Crippen LogP contribution is 2.32. The Morgan fingerprint density at radius 1 is 1.09 bits per heavy atom. The summed E-state index contributed by atoms with van der Waals surface area (Å²) in [5.74, 6) is 0. The van der Waals surface area contributed by atoms with Crippen LogP contribution in [0.3, 0.4) is 0 Å². The first-order valence-corrected chi connectivity index (χ1v) is 10.7. The van der Waals surface area contributed by atoms with Crippen molar-refractivity contribution in [1.29, 1.82) is 0 Å². The first-order chi connectivity index (χ1) is 9.97. The lowest BCUT2D eigenvalue weighted by Gasteiger charge is -2.24. The van der Waals surface area contributed by atoms with E-state index in [0.717, 1.165) is 25.7 Å². The van der Waals surface area contributed by atoms with Crippen molar-refractivity contribution in [3.63, 3.8) is 0 Å². The van der Waals surface area contributed by atoms with Crippen LogP contribution in [0.25, 0.3) is 0 Å². The number of hydrogen-bond acceptors (Lipinski definition) is 1. The van der Waals surface area contributed by atoms with Gasteiger partial charge in [-0.1, -0.05) is 43.2 Å². The van der Waals surface area contributed by atoms with E-state index in [0.29, 0.717) is 5.41 Å². The van der Waals surface area contributed by atoms with Crippen molar-refractivity contribution < 1.29 is 5.11 Å². The molecule has 0 aromatic rings. The topological polar surface area (TPSA) is 20.2 Å². The van der Waals surface area contributed by atoms with Crippen molar-refractivity contribution in [1.82, 2.24) is 0 Å². The van der Waals surface area contributed by atoms with E-state index in [1.807, 2.05) is 6.92 Å². The van der Waals surface area contributed by atoms with Gasteiger partial charge in [0.15, 0.2) is 0 Å². The van der Waals surface area contributed by atoms with Gasteiger partial charge >= 0.3 is 0 Å². The molecule has 0 saturated carbocycles. The van der Waals surface area contributed by atoms with Crippen LogP contribution in [0.2, 0.25) is 0 Å². The second-order valence-corrected chi connectivity index (χ2v) is 10.5. The molecule has 0 aromatic carbocycles. The average Bonchev–Trinajstić information content (AvgIpc) is 2.35. The van der Waals surface area contributed by atoms with Crippen LogP contribution in [0.1, 0.15) is 60.3 Å². The van der Waals surface area contributed by atoms with Crippen LogP contribution in [0.5, 0.6) is 0 Å². The molecule has 1 nitrogen and oxygen atoms in total. The van der Waals surface area contributed by atoms with Gasteiger partial charge in [0.1, 0.15) is 0 Å². The fraction of sp³-hybridized carbons (Fsp3) is 0.700. The normalized spacial score (nSPS) is 16.8. The van der Waals surface area contributed by atoms with Gasteiger partial charge in [-0.15, -0.1) is 14.5 Å². The highest BCUT2D eigenvalue weighted by molar-refractivity contribution is 7.56. The second-order valence-electron chi connectivity index (χ2n) is 7.98. The number of allylic oxidation sites excluding steroid dienone is 4. The van der Waals surface area contributed by atoms with Crippen molar-refractivity contribution in [3.8, 4) is 0 Å². The van der Waals surface area contributed by atoms with Crippen LogP contribution >= 0.6 is 7.92 Å². The zero-order valence-electron chi connectivity index (χ0n) is 15.9. The van der Waals surface area contributed by atoms with Crippen molar-refractivity contribution >= 4 is 7.92 Å². The van der Waals surface area contributed by atoms with E-state index in [2.05, 4.69) is 59.8 Å². The number of aliphatic hydroxyl groups is 1. The van der Waals surface area contributed by atoms with Gasteiger partial charge in [-0.2, -0.15) is 0 Å². The van der Waals surface area contributed by atoms with Gasteiger partial charge in [0.25, 0.3) is 0 Å². The molecule has 0 aliphatic carbocycles. The van der Waals surface area contributed by atoms with Gasteiger partial charge in [0.2, 0.25) is 0 Å². The summed E-state index contributed by atoms with van der Waals surface area (Å²) in [5, 5.41) is 9.93. The summed E-state index contributed by atoms with van der Waals surface area (Å²) in [6, 6.07) is 0. The molecule has 2 heteroatoms. The maximum Gasteiger partial charge on any atom is 0.0800 e. The molecule has 22 heavy (non-hydrogen) atoms. The first kappa shape index (κ1) is 21.6. The minimum atomic E-state index is -0.745. The lowest BCUT2D eigenvalue weighted by Crippen LogP contribution is -2.19. The Balaban J connectivity index is 4.42. The summed E-state index contributed by atoms with van der Waals surface area (Å²) in [5.41, 5.74) is 2.51. The van der Waals surface area contributed by atoms with Crippen LogP contribution < -0.4 is 0 Å². The molecule has 0 heterocycles. The van der Waals surface area contributed by atoms with Gasteiger partial charge in [-0.05, 0) is 71.4 Å². The van der Waals surface area contributed by atoms with E-state index in [1.165, 1.54) is 17.3 Å². The Morgan fingerprint density at radius 2 is 1.68 bits per heavy atom. The molecule has 1 N–H and O–H groups in total. The summed E-state index contributed by atoms with van der Waals surface area (Å²) in [6.45, 7) is 19.3. The zero-order chi connectivity index (χ0) is 17.4. The van der Waals surface area contributed by atoms with Gasteiger partial charge in [0, 0.05) is 0 Å². The van der Waals surface area contributed by atoms with Crippen molar-refractivity contribution in [2.24, 2.45) is 5.41 Å². The Morgan fingerprint density at radius 3 is 2.18 bits per heavy atom. The average molecular weight is 324 g/mol. The molecule has 0 aliphatic heterocycles. The van der Waals surface area contributed by atoms with E-state index in [9.17, 15) is 5.11 Å². The van der Waals surface area contributed by atoms with E-state index < -0.39 is 5.60 Å². The van der Waals surface area contributed by atoms with Crippen LogP contribution in [-0.2, 0) is 0 Å². The van der Waals surface area contributed by atoms with Crippen LogP contribution in [-0.4, -0.2) is 30.2 Å². The summed E-state index contributed by atoms with van der Waals surface area (Å²) >= 11 is 0. The van der Waals surface area contributed by atoms with Crippen molar-refractivity contribution in [2.75, 3.05) is 19.5 Å². The highest BCUT2D eigenvalue weighted by atomic mass is 31.1. The van der Waals surface area contributed by atoms with Gasteiger partial charge < -0.3 is 5.11 Å². The first-order valence-electron chi connectivity index (χ1n) is 8.29. The lowest BCUT2D eigenvalue weighted by atomic mass is 9.82. The van der Waals surface area contributed by atoms with E-state index in [-0.39, 0.29) is 7.92 Å². The molecule has 1 unspecified atom stereocenters. The van der Waals surface area contributed by atoms with Crippen LogP contribution in [0.15, 0.2) is 36.0 Å². The SMILES string of the molecule is C=CC(C)(O)CC/C=C(\C)CC(C)(C)C/C=C(\C)CP(C)C. The molecule has 0 aliphatic rings. The summed E-state index contributed by atoms with van der Waals surface area (Å²) in [7, 11) is 0.164. The maximum atomic E-state index is 9.93. The Labute approximate surface area is 140 Å². The summed E-state index contributed by atoms with van der Waals surface area (Å²) < 4.78 is 0. The minimum absolute atomic E-state index is 0.164. The molecular weight excluding hydrogens is 287 g/mol. The van der Waals surface area contributed by atoms with Crippen LogP contribution in [0.4, 0.5) is 0 Å². The quantitative estimate of drug-likeness (QED) is 0.378. The molecule has 0 aromatic heterocycles. The van der Waals surface area contributed by atoms with Gasteiger partial charge in [-0.3, -0.25) is 0 Å². The fourth-order valence-electron chi connectivity index (χ4n) is 2.63. The molecule has 0 radical (unpaired) electrons. The maximum absolute atomic E-state index is 9.93. The van der Waals surface area contributed by atoms with Gasteiger partial charge in [0.05, 0.1) is 5.60 Å². The molecule has 0 bridgehead atoms. The summed E-state index contributed by atoms with van der Waals surface area (Å²) in [6.07, 6.45) is 11.5. The molecular formula is C20H37OP. The Kier molecular flexibility index (Phi) is 9.51. The molecule has 0 spiro atoms. The predicted octanol–water partition coefficient (Wildman–Crippen LogP) is 6.14. The smallest absolute Gasteiger partial charge is 0.0800 e. The summed E-state index contributed by atoms with van der Waals surface area (Å²) in [4.78, 5) is 0. The lowest BCUT2D eigenvalue weighted by molar-refractivity contribution is 0.103. The Bertz CT molecular complexity index is 400. The van der Waals surface area contributed by atoms with E-state index in [1.54, 1.807) is 6.08 Å². The van der Waals surface area contributed by atoms with Crippen LogP contribution in [0, 0.1) is 5.41 Å². The zero-order valence-corrected chi connectivity index (χ0v) is 16.8. The third kappa shape index (κ3) is 11.2. The molecule has 0 rings (SSSR count). The molecule has 0 saturated heterocycles. The minimum Gasteiger partial charge on any atom is -0.386 e. The fourth-order valence-corrected chi connectivity index (χ4v) is 3.75. The molecule has 128 valence electrons. The standard InChI is InChI=1S/C20H37OP/c1-9-20(6,21)13-10-11-17(2)15-19(4,5)14-12-18(3)16-22(7)8/h9,11-12,21H,1,10,13-16H2,2-8H3/b17-11+,18-12+. The predicted molar refractivity (Wildman–Crippen MR) is 104 cm³/mol. The van der Waals surface area contributed by atoms with Crippen molar-refractivity contribution in [3.05, 3.63) is 36.0 Å². The number of hydrogen-bond donors (Lipinski definition) is 1. The second kappa shape index (κ2) is 9.68. The highest BCUT2D eigenvalue weighted by Gasteiger charge is 2.18. The number of rotatable bonds is 10. The monoisotopic (exact) mass is 324 g/mol. The molecule has 0 amide bonds. The molecule has 1 atom stereocenters.